The van der Waals surface area contributed by atoms with Crippen LogP contribution in [-0.4, -0.2) is 40.6 Å². The second kappa shape index (κ2) is 8.13. The Kier molecular flexibility index (Phi) is 6.38. The van der Waals surface area contributed by atoms with Gasteiger partial charge in [0.1, 0.15) is 5.75 Å². The molecule has 0 radical (unpaired) electrons. The Morgan fingerprint density at radius 2 is 2.00 bits per heavy atom. The number of carbonyl (C=O) groups is 1. The van der Waals surface area contributed by atoms with Crippen molar-refractivity contribution in [3.05, 3.63) is 51.2 Å². The van der Waals surface area contributed by atoms with Crippen LogP contribution in [0.4, 0.5) is 0 Å². The highest BCUT2D eigenvalue weighted by Crippen LogP contribution is 2.36. The number of aliphatic hydroxyl groups is 1. The van der Waals surface area contributed by atoms with Gasteiger partial charge in [0.15, 0.2) is 0 Å². The largest absolute Gasteiger partial charge is 0.507 e. The molecule has 136 valence electrons. The molecule has 4 nitrogen and oxygen atoms in total. The summed E-state index contributed by atoms with van der Waals surface area (Å²) in [6.45, 7) is 9.94. The predicted molar refractivity (Wildman–Crippen MR) is 103 cm³/mol. The van der Waals surface area contributed by atoms with Gasteiger partial charge >= 0.3 is 0 Å². The molecule has 0 aliphatic carbocycles. The average Bonchev–Trinajstić information content (AvgIpc) is 3.08. The lowest BCUT2D eigenvalue weighted by molar-refractivity contribution is 0.104. The second-order valence-electron chi connectivity index (χ2n) is 7.18. The number of ketones is 1. The van der Waals surface area contributed by atoms with Crippen molar-refractivity contribution < 1.29 is 15.0 Å². The Morgan fingerprint density at radius 1 is 1.28 bits per heavy atom. The molecule has 0 saturated heterocycles. The van der Waals surface area contributed by atoms with E-state index in [4.69, 9.17) is 0 Å². The number of hydrogen-bond acceptors (Lipinski definition) is 5. The van der Waals surface area contributed by atoms with Gasteiger partial charge in [-0.15, -0.1) is 11.3 Å². The maximum Gasteiger partial charge on any atom is 0.202 e. The van der Waals surface area contributed by atoms with Crippen molar-refractivity contribution in [2.24, 2.45) is 0 Å². The zero-order valence-electron chi connectivity index (χ0n) is 15.4. The quantitative estimate of drug-likeness (QED) is 0.737. The van der Waals surface area contributed by atoms with E-state index in [1.54, 1.807) is 6.07 Å². The van der Waals surface area contributed by atoms with Gasteiger partial charge in [0, 0.05) is 29.8 Å². The topological polar surface area (TPSA) is 60.8 Å². The highest BCUT2D eigenvalue weighted by Gasteiger charge is 2.24. The summed E-state index contributed by atoms with van der Waals surface area (Å²) in [7, 11) is 0. The van der Waals surface area contributed by atoms with Crippen molar-refractivity contribution in [1.29, 1.82) is 0 Å². The molecule has 2 rings (SSSR count). The number of rotatable bonds is 7. The van der Waals surface area contributed by atoms with Gasteiger partial charge in [-0.1, -0.05) is 33.8 Å². The molecule has 0 fully saturated rings. The van der Waals surface area contributed by atoms with Gasteiger partial charge in [-0.25, -0.2) is 0 Å². The average molecular weight is 362 g/mol. The van der Waals surface area contributed by atoms with Crippen LogP contribution in [0.15, 0.2) is 29.6 Å². The molecule has 0 spiro atoms. The summed E-state index contributed by atoms with van der Waals surface area (Å²) in [6.07, 6.45) is 0. The number of phenolic OH excluding ortho intramolecular Hbond substituents is 1. The first kappa shape index (κ1) is 19.6. The molecule has 0 atom stereocenters. The lowest BCUT2D eigenvalue weighted by Gasteiger charge is -2.25. The fourth-order valence-electron chi connectivity index (χ4n) is 2.80. The molecule has 5 heteroatoms. The standard InChI is InChI=1S/C20H27NO3S/c1-5-21(8-9-22)13-15-11-14(19(24)17-7-6-10-25-17)12-16(18(15)23)20(2,3)4/h6-7,10-12,22-23H,5,8-9,13H2,1-4H3. The zero-order valence-corrected chi connectivity index (χ0v) is 16.2. The molecule has 0 aliphatic rings. The molecule has 2 aromatic rings. The number of nitrogens with zero attached hydrogens (tertiary/aromatic N) is 1. The summed E-state index contributed by atoms with van der Waals surface area (Å²) in [5.41, 5.74) is 1.81. The smallest absolute Gasteiger partial charge is 0.202 e. The van der Waals surface area contributed by atoms with Crippen LogP contribution in [0.5, 0.6) is 5.75 Å². The van der Waals surface area contributed by atoms with Gasteiger partial charge in [0.05, 0.1) is 11.5 Å². The first-order valence-corrected chi connectivity index (χ1v) is 9.43. The van der Waals surface area contributed by atoms with Crippen LogP contribution in [0.25, 0.3) is 0 Å². The highest BCUT2D eigenvalue weighted by atomic mass is 32.1. The summed E-state index contributed by atoms with van der Waals surface area (Å²) >= 11 is 1.42. The molecule has 1 aromatic carbocycles. The third-order valence-electron chi connectivity index (χ3n) is 4.26. The molecule has 0 aliphatic heterocycles. The summed E-state index contributed by atoms with van der Waals surface area (Å²) in [6, 6.07) is 7.28. The lowest BCUT2D eigenvalue weighted by atomic mass is 9.83. The van der Waals surface area contributed by atoms with Crippen LogP contribution in [0, 0.1) is 0 Å². The number of benzene rings is 1. The summed E-state index contributed by atoms with van der Waals surface area (Å²) in [5.74, 6) is 0.221. The Balaban J connectivity index is 2.50. The molecule has 1 heterocycles. The minimum Gasteiger partial charge on any atom is -0.507 e. The van der Waals surface area contributed by atoms with Crippen molar-refractivity contribution in [3.8, 4) is 5.75 Å². The van der Waals surface area contributed by atoms with Crippen LogP contribution in [-0.2, 0) is 12.0 Å². The summed E-state index contributed by atoms with van der Waals surface area (Å²) < 4.78 is 0. The van der Waals surface area contributed by atoms with Crippen LogP contribution >= 0.6 is 11.3 Å². The number of aromatic hydroxyl groups is 1. The molecule has 0 bridgehead atoms. The molecule has 0 unspecified atom stereocenters. The number of carbonyl (C=O) groups excluding carboxylic acids is 1. The summed E-state index contributed by atoms with van der Waals surface area (Å²) in [4.78, 5) is 15.5. The van der Waals surface area contributed by atoms with Gasteiger partial charge in [0.2, 0.25) is 5.78 Å². The number of likely N-dealkylation sites (N-methyl/N-ethyl adjacent to an activating group) is 1. The first-order valence-electron chi connectivity index (χ1n) is 8.55. The van der Waals surface area contributed by atoms with Gasteiger partial charge in [-0.3, -0.25) is 9.69 Å². The Labute approximate surface area is 153 Å². The van der Waals surface area contributed by atoms with Gasteiger partial charge in [0.25, 0.3) is 0 Å². The molecular formula is C20H27NO3S. The molecule has 25 heavy (non-hydrogen) atoms. The lowest BCUT2D eigenvalue weighted by Crippen LogP contribution is -2.26. The van der Waals surface area contributed by atoms with E-state index in [0.29, 0.717) is 23.5 Å². The Hall–Kier alpha value is -1.69. The van der Waals surface area contributed by atoms with E-state index in [1.165, 1.54) is 11.3 Å². The van der Waals surface area contributed by atoms with E-state index >= 15 is 0 Å². The van der Waals surface area contributed by atoms with Crippen LogP contribution in [0.2, 0.25) is 0 Å². The molecular weight excluding hydrogens is 334 g/mol. The fourth-order valence-corrected chi connectivity index (χ4v) is 3.48. The van der Waals surface area contributed by atoms with Crippen molar-refractivity contribution in [1.82, 2.24) is 4.90 Å². The van der Waals surface area contributed by atoms with E-state index in [0.717, 1.165) is 17.7 Å². The van der Waals surface area contributed by atoms with E-state index in [1.807, 2.05) is 56.2 Å². The van der Waals surface area contributed by atoms with Crippen molar-refractivity contribution >= 4 is 17.1 Å². The Bertz CT molecular complexity index is 717. The molecule has 2 N–H and O–H groups in total. The van der Waals surface area contributed by atoms with E-state index in [-0.39, 0.29) is 23.6 Å². The number of hydrogen-bond donors (Lipinski definition) is 2. The molecule has 0 amide bonds. The Morgan fingerprint density at radius 3 is 2.52 bits per heavy atom. The number of phenols is 1. The second-order valence-corrected chi connectivity index (χ2v) is 8.13. The van der Waals surface area contributed by atoms with Gasteiger partial charge < -0.3 is 10.2 Å². The van der Waals surface area contributed by atoms with E-state index < -0.39 is 0 Å². The van der Waals surface area contributed by atoms with Gasteiger partial charge in [-0.2, -0.15) is 0 Å². The zero-order chi connectivity index (χ0) is 18.6. The highest BCUT2D eigenvalue weighted by molar-refractivity contribution is 7.12. The maximum absolute atomic E-state index is 12.8. The normalized spacial score (nSPS) is 11.9. The van der Waals surface area contributed by atoms with E-state index in [9.17, 15) is 15.0 Å². The third-order valence-corrected chi connectivity index (χ3v) is 5.13. The minimum atomic E-state index is -0.279. The maximum atomic E-state index is 12.8. The van der Waals surface area contributed by atoms with Crippen LogP contribution < -0.4 is 0 Å². The predicted octanol–water partition coefficient (Wildman–Crippen LogP) is 3.80. The van der Waals surface area contributed by atoms with Crippen LogP contribution in [0.3, 0.4) is 0 Å². The monoisotopic (exact) mass is 361 g/mol. The van der Waals surface area contributed by atoms with Crippen molar-refractivity contribution in [3.63, 3.8) is 0 Å². The third kappa shape index (κ3) is 4.69. The number of thiophene rings is 1. The molecule has 0 saturated carbocycles. The van der Waals surface area contributed by atoms with E-state index in [2.05, 4.69) is 0 Å². The fraction of sp³-hybridized carbons (Fsp3) is 0.450. The van der Waals surface area contributed by atoms with Crippen LogP contribution in [0.1, 0.15) is 54.1 Å². The van der Waals surface area contributed by atoms with Crippen molar-refractivity contribution in [2.75, 3.05) is 19.7 Å². The summed E-state index contributed by atoms with van der Waals surface area (Å²) in [5, 5.41) is 21.9. The van der Waals surface area contributed by atoms with Crippen molar-refractivity contribution in [2.45, 2.75) is 39.7 Å². The van der Waals surface area contributed by atoms with Gasteiger partial charge in [-0.05, 0) is 35.5 Å². The first-order chi connectivity index (χ1) is 11.8. The molecule has 1 aromatic heterocycles. The SMILES string of the molecule is CCN(CCO)Cc1cc(C(=O)c2cccs2)cc(C(C)(C)C)c1O. The minimum absolute atomic E-state index is 0.0213. The number of aliphatic hydroxyl groups excluding tert-OH is 1.